The van der Waals surface area contributed by atoms with Gasteiger partial charge in [0.05, 0.1) is 11.1 Å². The Kier molecular flexibility index (Phi) is 4.85. The molecular weight excluding hydrogens is 336 g/mol. The van der Waals surface area contributed by atoms with Crippen LogP contribution in [0.25, 0.3) is 0 Å². The summed E-state index contributed by atoms with van der Waals surface area (Å²) >= 11 is 0. The van der Waals surface area contributed by atoms with Crippen LogP contribution in [0.15, 0.2) is 11.6 Å². The number of benzene rings is 1. The number of hydrogen-bond donors (Lipinski definition) is 2. The summed E-state index contributed by atoms with van der Waals surface area (Å²) in [4.78, 5) is 34.9. The van der Waals surface area contributed by atoms with Gasteiger partial charge in [-0.1, -0.05) is 11.6 Å². The number of aromatic carboxylic acids is 1. The van der Waals surface area contributed by atoms with Gasteiger partial charge in [0, 0.05) is 12.0 Å². The number of allylic oxidation sites excluding steroid dienone is 2. The molecule has 138 valence electrons. The maximum atomic E-state index is 12.1. The van der Waals surface area contributed by atoms with E-state index in [4.69, 9.17) is 9.84 Å². The van der Waals surface area contributed by atoms with E-state index >= 15 is 0 Å². The van der Waals surface area contributed by atoms with E-state index in [2.05, 4.69) is 0 Å². The highest BCUT2D eigenvalue weighted by Crippen LogP contribution is 2.47. The molecule has 1 aromatic carbocycles. The van der Waals surface area contributed by atoms with Crippen LogP contribution in [0.5, 0.6) is 0 Å². The Bertz CT molecular complexity index is 829. The number of cyclic esters (lactones) is 1. The first-order chi connectivity index (χ1) is 12.3. The normalized spacial score (nSPS) is 16.4. The molecule has 1 aliphatic carbocycles. The highest BCUT2D eigenvalue weighted by Gasteiger charge is 2.38. The number of aliphatic carboxylic acids is 1. The van der Waals surface area contributed by atoms with Crippen LogP contribution in [0, 0.1) is 6.92 Å². The van der Waals surface area contributed by atoms with Crippen molar-refractivity contribution in [3.63, 3.8) is 0 Å². The zero-order chi connectivity index (χ0) is 19.0. The lowest BCUT2D eigenvalue weighted by molar-refractivity contribution is -0.136. The van der Waals surface area contributed by atoms with E-state index in [1.165, 1.54) is 0 Å². The van der Waals surface area contributed by atoms with Crippen molar-refractivity contribution in [1.82, 2.24) is 0 Å². The van der Waals surface area contributed by atoms with Crippen molar-refractivity contribution in [3.05, 3.63) is 45.0 Å². The predicted molar refractivity (Wildman–Crippen MR) is 93.6 cm³/mol. The SMILES string of the molecule is CC(=CCc1c(C(=O)O)c2c(c(C)c1C1CC1)COC2=O)CCC(=O)O. The summed E-state index contributed by atoms with van der Waals surface area (Å²) in [5.41, 5.74) is 4.50. The molecule has 0 spiro atoms. The molecule has 1 heterocycles. The number of ether oxygens (including phenoxy) is 1. The van der Waals surface area contributed by atoms with Crippen LogP contribution in [-0.4, -0.2) is 28.1 Å². The minimum Gasteiger partial charge on any atom is -0.481 e. The van der Waals surface area contributed by atoms with Gasteiger partial charge in [-0.05, 0) is 62.1 Å². The van der Waals surface area contributed by atoms with Crippen molar-refractivity contribution >= 4 is 17.9 Å². The first kappa shape index (κ1) is 18.2. The molecule has 2 aliphatic rings. The number of hydrogen-bond acceptors (Lipinski definition) is 4. The van der Waals surface area contributed by atoms with Crippen LogP contribution in [-0.2, 0) is 22.6 Å². The standard InChI is InChI=1S/C20H22O6/c1-10(4-8-15(21)22)3-7-13-16(12-5-6-12)11(2)14-9-26-20(25)18(14)17(13)19(23)24/h3,12H,4-9H2,1-2H3,(H,21,22)(H,23,24). The first-order valence-corrected chi connectivity index (χ1v) is 8.77. The zero-order valence-electron chi connectivity index (χ0n) is 14.9. The molecule has 0 atom stereocenters. The Morgan fingerprint density at radius 2 is 1.92 bits per heavy atom. The van der Waals surface area contributed by atoms with Crippen LogP contribution < -0.4 is 0 Å². The Morgan fingerprint density at radius 3 is 2.50 bits per heavy atom. The predicted octanol–water partition coefficient (Wildman–Crippen LogP) is 3.59. The molecule has 6 heteroatoms. The summed E-state index contributed by atoms with van der Waals surface area (Å²) in [6.45, 7) is 3.91. The minimum atomic E-state index is -1.12. The van der Waals surface area contributed by atoms with Crippen LogP contribution >= 0.6 is 0 Å². The van der Waals surface area contributed by atoms with Crippen molar-refractivity contribution in [3.8, 4) is 0 Å². The van der Waals surface area contributed by atoms with Crippen LogP contribution in [0.2, 0.25) is 0 Å². The number of carboxylic acid groups (broad SMARTS) is 2. The lowest BCUT2D eigenvalue weighted by Gasteiger charge is -2.18. The average Bonchev–Trinajstić information content (AvgIpc) is 3.33. The minimum absolute atomic E-state index is 0.0408. The fraction of sp³-hybridized carbons (Fsp3) is 0.450. The number of esters is 1. The van der Waals surface area contributed by atoms with Gasteiger partial charge in [-0.15, -0.1) is 0 Å². The molecule has 26 heavy (non-hydrogen) atoms. The average molecular weight is 358 g/mol. The third kappa shape index (κ3) is 3.36. The second-order valence-corrected chi connectivity index (χ2v) is 7.05. The summed E-state index contributed by atoms with van der Waals surface area (Å²) in [7, 11) is 0. The van der Waals surface area contributed by atoms with Gasteiger partial charge in [-0.2, -0.15) is 0 Å². The van der Waals surface area contributed by atoms with Crippen molar-refractivity contribution < 1.29 is 29.3 Å². The van der Waals surface area contributed by atoms with E-state index in [-0.39, 0.29) is 24.2 Å². The molecule has 0 radical (unpaired) electrons. The molecule has 1 aromatic rings. The first-order valence-electron chi connectivity index (χ1n) is 8.77. The van der Waals surface area contributed by atoms with E-state index in [0.717, 1.165) is 29.5 Å². The van der Waals surface area contributed by atoms with Crippen LogP contribution in [0.3, 0.4) is 0 Å². The quantitative estimate of drug-likeness (QED) is 0.570. The summed E-state index contributed by atoms with van der Waals surface area (Å²) in [6, 6.07) is 0. The van der Waals surface area contributed by atoms with Gasteiger partial charge in [-0.25, -0.2) is 9.59 Å². The van der Waals surface area contributed by atoms with E-state index < -0.39 is 17.9 Å². The van der Waals surface area contributed by atoms with Crippen molar-refractivity contribution in [2.75, 3.05) is 0 Å². The molecule has 1 saturated carbocycles. The topological polar surface area (TPSA) is 101 Å². The van der Waals surface area contributed by atoms with E-state index in [1.807, 2.05) is 19.9 Å². The number of carbonyl (C=O) groups is 3. The van der Waals surface area contributed by atoms with Gasteiger partial charge in [-0.3, -0.25) is 4.79 Å². The summed E-state index contributed by atoms with van der Waals surface area (Å²) in [6.07, 6.45) is 4.75. The van der Waals surface area contributed by atoms with Crippen LogP contribution in [0.4, 0.5) is 0 Å². The Balaban J connectivity index is 2.08. The van der Waals surface area contributed by atoms with Gasteiger partial charge >= 0.3 is 17.9 Å². The Labute approximate surface area is 151 Å². The third-order valence-electron chi connectivity index (χ3n) is 5.17. The highest BCUT2D eigenvalue weighted by atomic mass is 16.5. The van der Waals surface area contributed by atoms with Gasteiger partial charge in [0.25, 0.3) is 0 Å². The number of carboxylic acids is 2. The molecule has 6 nitrogen and oxygen atoms in total. The van der Waals surface area contributed by atoms with Crippen LogP contribution in [0.1, 0.15) is 81.5 Å². The van der Waals surface area contributed by atoms with Gasteiger partial charge < -0.3 is 14.9 Å². The maximum absolute atomic E-state index is 12.1. The molecule has 0 unspecified atom stereocenters. The lowest BCUT2D eigenvalue weighted by atomic mass is 9.84. The largest absolute Gasteiger partial charge is 0.481 e. The molecule has 0 saturated heterocycles. The van der Waals surface area contributed by atoms with E-state index in [0.29, 0.717) is 29.9 Å². The molecule has 0 amide bonds. The molecule has 3 rings (SSSR count). The number of fused-ring (bicyclic) bond motifs is 1. The lowest BCUT2D eigenvalue weighted by Crippen LogP contribution is -2.14. The second kappa shape index (κ2) is 6.94. The van der Waals surface area contributed by atoms with E-state index in [1.54, 1.807) is 0 Å². The fourth-order valence-electron chi connectivity index (χ4n) is 3.68. The highest BCUT2D eigenvalue weighted by molar-refractivity contribution is 6.06. The van der Waals surface area contributed by atoms with Crippen molar-refractivity contribution in [1.29, 1.82) is 0 Å². The van der Waals surface area contributed by atoms with Gasteiger partial charge in [0.1, 0.15) is 6.61 Å². The van der Waals surface area contributed by atoms with Crippen molar-refractivity contribution in [2.45, 2.75) is 58.5 Å². The summed E-state index contributed by atoms with van der Waals surface area (Å²) < 4.78 is 5.11. The summed E-state index contributed by atoms with van der Waals surface area (Å²) in [5.74, 6) is -2.22. The molecular formula is C20H22O6. The zero-order valence-corrected chi connectivity index (χ0v) is 14.9. The third-order valence-corrected chi connectivity index (χ3v) is 5.17. The molecule has 1 fully saturated rings. The Morgan fingerprint density at radius 1 is 1.23 bits per heavy atom. The number of rotatable bonds is 7. The van der Waals surface area contributed by atoms with Gasteiger partial charge in [0.15, 0.2) is 0 Å². The smallest absolute Gasteiger partial charge is 0.339 e. The van der Waals surface area contributed by atoms with Crippen molar-refractivity contribution in [2.24, 2.45) is 0 Å². The molecule has 0 bridgehead atoms. The maximum Gasteiger partial charge on any atom is 0.339 e. The molecule has 2 N–H and O–H groups in total. The van der Waals surface area contributed by atoms with Gasteiger partial charge in [0.2, 0.25) is 0 Å². The molecule has 0 aromatic heterocycles. The fourth-order valence-corrected chi connectivity index (χ4v) is 3.68. The Hall–Kier alpha value is -2.63. The monoisotopic (exact) mass is 358 g/mol. The van der Waals surface area contributed by atoms with E-state index in [9.17, 15) is 19.5 Å². The number of carbonyl (C=O) groups excluding carboxylic acids is 1. The second-order valence-electron chi connectivity index (χ2n) is 7.05. The molecule has 1 aliphatic heterocycles. The summed E-state index contributed by atoms with van der Waals surface area (Å²) in [5, 5.41) is 18.6.